The Labute approximate surface area is 191 Å². The van der Waals surface area contributed by atoms with E-state index in [4.69, 9.17) is 27.9 Å². The summed E-state index contributed by atoms with van der Waals surface area (Å²) in [6, 6.07) is 6.82. The molecule has 9 heteroatoms. The highest BCUT2D eigenvalue weighted by atomic mass is 35.5. The van der Waals surface area contributed by atoms with Crippen molar-refractivity contribution in [3.05, 3.63) is 51.8 Å². The van der Waals surface area contributed by atoms with E-state index < -0.39 is 5.60 Å². The molecule has 0 aliphatic carbocycles. The maximum absolute atomic E-state index is 13.6. The lowest BCUT2D eigenvalue weighted by Crippen LogP contribution is -2.66. The number of pyridine rings is 1. The molecule has 3 amide bonds. The Morgan fingerprint density at radius 1 is 1.23 bits per heavy atom. The predicted octanol–water partition coefficient (Wildman–Crippen LogP) is 5.26. The molecule has 0 atom stereocenters. The second-order valence-electron chi connectivity index (χ2n) is 8.82. The van der Waals surface area contributed by atoms with Crippen LogP contribution >= 0.6 is 23.2 Å². The number of hydrogen-bond donors (Lipinski definition) is 0. The number of aryl methyl sites for hydroxylation is 1. The van der Waals surface area contributed by atoms with Gasteiger partial charge in [-0.1, -0.05) is 35.3 Å². The van der Waals surface area contributed by atoms with Crippen LogP contribution in [0.25, 0.3) is 0 Å². The smallest absolute Gasteiger partial charge is 0.410 e. The van der Waals surface area contributed by atoms with Gasteiger partial charge in [-0.15, -0.1) is 0 Å². The van der Waals surface area contributed by atoms with Gasteiger partial charge < -0.3 is 9.64 Å². The van der Waals surface area contributed by atoms with Crippen LogP contribution < -0.4 is 9.80 Å². The number of urea groups is 1. The summed E-state index contributed by atoms with van der Waals surface area (Å²) in [6.45, 7) is 8.47. The SMILES string of the molecule is Cc1cccc(Cl)c1N1Cc2cnc(Cl)cc2N(C2CN(C(=O)OC(C)(C)C)C2)C1=O. The normalized spacial score (nSPS) is 16.8. The minimum absolute atomic E-state index is 0.206. The van der Waals surface area contributed by atoms with Crippen LogP contribution in [0.2, 0.25) is 10.2 Å². The number of rotatable bonds is 2. The molecule has 1 saturated heterocycles. The number of carbonyl (C=O) groups is 2. The molecule has 0 bridgehead atoms. The van der Waals surface area contributed by atoms with Crippen LogP contribution in [-0.4, -0.2) is 46.7 Å². The number of anilines is 2. The van der Waals surface area contributed by atoms with E-state index >= 15 is 0 Å². The molecular weight excluding hydrogens is 439 g/mol. The van der Waals surface area contributed by atoms with E-state index in [-0.39, 0.29) is 18.2 Å². The van der Waals surface area contributed by atoms with Crippen molar-refractivity contribution in [2.75, 3.05) is 22.9 Å². The Bertz CT molecular complexity index is 1030. The third kappa shape index (κ3) is 4.16. The number of amides is 3. The number of aromatic nitrogens is 1. The Balaban J connectivity index is 1.65. The summed E-state index contributed by atoms with van der Waals surface area (Å²) in [5, 5.41) is 0.810. The van der Waals surface area contributed by atoms with Gasteiger partial charge in [0.05, 0.1) is 29.0 Å². The van der Waals surface area contributed by atoms with Crippen LogP contribution in [0, 0.1) is 6.92 Å². The average molecular weight is 463 g/mol. The lowest BCUT2D eigenvalue weighted by molar-refractivity contribution is 0.00862. The fourth-order valence-corrected chi connectivity index (χ4v) is 4.33. The van der Waals surface area contributed by atoms with Crippen LogP contribution in [0.4, 0.5) is 21.0 Å². The highest BCUT2D eigenvalue weighted by Crippen LogP contribution is 2.39. The van der Waals surface area contributed by atoms with Crippen LogP contribution in [0.1, 0.15) is 31.9 Å². The Hall–Kier alpha value is -2.51. The number of halogens is 2. The molecule has 0 spiro atoms. The fraction of sp³-hybridized carbons (Fsp3) is 0.409. The first-order chi connectivity index (χ1) is 14.5. The molecule has 0 radical (unpaired) electrons. The summed E-state index contributed by atoms with van der Waals surface area (Å²) >= 11 is 12.6. The first-order valence-electron chi connectivity index (χ1n) is 10.0. The summed E-state index contributed by atoms with van der Waals surface area (Å²) in [7, 11) is 0. The molecule has 1 aromatic carbocycles. The van der Waals surface area contributed by atoms with Gasteiger partial charge in [0, 0.05) is 24.8 Å². The van der Waals surface area contributed by atoms with Crippen LogP contribution in [0.3, 0.4) is 0 Å². The van der Waals surface area contributed by atoms with E-state index in [0.29, 0.717) is 41.2 Å². The molecule has 2 aliphatic rings. The minimum Gasteiger partial charge on any atom is -0.444 e. The Morgan fingerprint density at radius 2 is 1.94 bits per heavy atom. The van der Waals surface area contributed by atoms with E-state index in [9.17, 15) is 9.59 Å². The number of likely N-dealkylation sites (tertiary alicyclic amines) is 1. The maximum Gasteiger partial charge on any atom is 0.410 e. The van der Waals surface area contributed by atoms with Gasteiger partial charge in [0.2, 0.25) is 0 Å². The Morgan fingerprint density at radius 3 is 2.58 bits per heavy atom. The summed E-state index contributed by atoms with van der Waals surface area (Å²) in [4.78, 5) is 35.1. The van der Waals surface area contributed by atoms with E-state index in [0.717, 1.165) is 11.1 Å². The molecule has 164 valence electrons. The molecule has 2 aliphatic heterocycles. The van der Waals surface area contributed by atoms with E-state index in [1.54, 1.807) is 33.0 Å². The van der Waals surface area contributed by atoms with Crippen molar-refractivity contribution in [1.82, 2.24) is 9.88 Å². The zero-order valence-corrected chi connectivity index (χ0v) is 19.4. The summed E-state index contributed by atoms with van der Waals surface area (Å²) < 4.78 is 5.44. The lowest BCUT2D eigenvalue weighted by Gasteiger charge is -2.48. The average Bonchev–Trinajstić information content (AvgIpc) is 2.61. The second-order valence-corrected chi connectivity index (χ2v) is 9.61. The van der Waals surface area contributed by atoms with Gasteiger partial charge in [0.25, 0.3) is 0 Å². The first-order valence-corrected chi connectivity index (χ1v) is 10.8. The van der Waals surface area contributed by atoms with E-state index in [1.807, 2.05) is 39.8 Å². The van der Waals surface area contributed by atoms with Gasteiger partial charge >= 0.3 is 12.1 Å². The van der Waals surface area contributed by atoms with Crippen molar-refractivity contribution in [2.24, 2.45) is 0 Å². The fourth-order valence-electron chi connectivity index (χ4n) is 3.85. The lowest BCUT2D eigenvalue weighted by atomic mass is 10.0. The van der Waals surface area contributed by atoms with Gasteiger partial charge in [-0.3, -0.25) is 9.80 Å². The molecular formula is C22H24Cl2N4O3. The summed E-state index contributed by atoms with van der Waals surface area (Å²) in [5.41, 5.74) is 2.56. The molecule has 1 fully saturated rings. The summed E-state index contributed by atoms with van der Waals surface area (Å²) in [6.07, 6.45) is 1.29. The van der Waals surface area contributed by atoms with Gasteiger partial charge in [-0.05, 0) is 45.4 Å². The van der Waals surface area contributed by atoms with Gasteiger partial charge in [-0.2, -0.15) is 0 Å². The zero-order chi connectivity index (χ0) is 22.5. The van der Waals surface area contributed by atoms with E-state index in [1.165, 1.54) is 0 Å². The standard InChI is InChI=1S/C22H24Cl2N4O3/c1-13-6-5-7-16(23)19(13)27-10-14-9-25-18(24)8-17(14)28(20(27)29)15-11-26(12-15)21(30)31-22(2,3)4/h5-9,15H,10-12H2,1-4H3. The zero-order valence-electron chi connectivity index (χ0n) is 17.9. The van der Waals surface area contributed by atoms with Crippen molar-refractivity contribution in [1.29, 1.82) is 0 Å². The number of ether oxygens (including phenoxy) is 1. The van der Waals surface area contributed by atoms with Crippen molar-refractivity contribution in [3.8, 4) is 0 Å². The van der Waals surface area contributed by atoms with Crippen molar-refractivity contribution in [3.63, 3.8) is 0 Å². The van der Waals surface area contributed by atoms with Crippen LogP contribution in [0.15, 0.2) is 30.5 Å². The van der Waals surface area contributed by atoms with Gasteiger partial charge in [0.1, 0.15) is 10.8 Å². The number of fused-ring (bicyclic) bond motifs is 1. The number of hydrogen-bond acceptors (Lipinski definition) is 4. The molecule has 7 nitrogen and oxygen atoms in total. The molecule has 2 aromatic rings. The number of benzene rings is 1. The van der Waals surface area contributed by atoms with Crippen molar-refractivity contribution >= 4 is 46.7 Å². The van der Waals surface area contributed by atoms with Crippen LogP contribution in [-0.2, 0) is 11.3 Å². The highest BCUT2D eigenvalue weighted by Gasteiger charge is 2.44. The molecule has 31 heavy (non-hydrogen) atoms. The molecule has 1 aromatic heterocycles. The third-order valence-electron chi connectivity index (χ3n) is 5.29. The molecule has 3 heterocycles. The third-order valence-corrected chi connectivity index (χ3v) is 5.80. The number of nitrogens with zero attached hydrogens (tertiary/aromatic N) is 4. The molecule has 4 rings (SSSR count). The summed E-state index contributed by atoms with van der Waals surface area (Å²) in [5.74, 6) is 0. The molecule has 0 N–H and O–H groups in total. The van der Waals surface area contributed by atoms with Gasteiger partial charge in [-0.25, -0.2) is 14.6 Å². The minimum atomic E-state index is -0.576. The maximum atomic E-state index is 13.6. The second kappa shape index (κ2) is 7.88. The molecule has 0 saturated carbocycles. The number of para-hydroxylation sites is 1. The monoisotopic (exact) mass is 462 g/mol. The Kier molecular flexibility index (Phi) is 5.52. The first kappa shape index (κ1) is 21.7. The highest BCUT2D eigenvalue weighted by molar-refractivity contribution is 6.34. The predicted molar refractivity (Wildman–Crippen MR) is 121 cm³/mol. The quantitative estimate of drug-likeness (QED) is 0.570. The number of carbonyl (C=O) groups excluding carboxylic acids is 2. The van der Waals surface area contributed by atoms with Crippen LogP contribution in [0.5, 0.6) is 0 Å². The topological polar surface area (TPSA) is 66.0 Å². The largest absolute Gasteiger partial charge is 0.444 e. The van der Waals surface area contributed by atoms with Crippen molar-refractivity contribution in [2.45, 2.75) is 45.9 Å². The molecule has 0 unspecified atom stereocenters. The van der Waals surface area contributed by atoms with Crippen molar-refractivity contribution < 1.29 is 14.3 Å². The van der Waals surface area contributed by atoms with Gasteiger partial charge in [0.15, 0.2) is 0 Å². The van der Waals surface area contributed by atoms with E-state index in [2.05, 4.69) is 4.98 Å².